The number of hydrogen-bond acceptors (Lipinski definition) is 3. The Morgan fingerprint density at radius 3 is 2.19 bits per heavy atom. The molecule has 3 nitrogen and oxygen atoms in total. The highest BCUT2D eigenvalue weighted by Crippen LogP contribution is 2.43. The normalized spacial score (nSPS) is 15.0. The van der Waals surface area contributed by atoms with Crippen molar-refractivity contribution in [2.24, 2.45) is 0 Å². The molecule has 0 amide bonds. The Balaban J connectivity index is 1.61. The molecule has 0 spiro atoms. The zero-order valence-electron chi connectivity index (χ0n) is 19.5. The highest BCUT2D eigenvalue weighted by Gasteiger charge is 2.33. The number of Topliss-reactive ketones (excluding diaryl/α,β-unsaturated/α-hetero) is 1. The summed E-state index contributed by atoms with van der Waals surface area (Å²) in [7, 11) is 0. The predicted octanol–water partition coefficient (Wildman–Crippen LogP) is 8.79. The van der Waals surface area contributed by atoms with Crippen LogP contribution in [0.25, 0.3) is 17.2 Å². The van der Waals surface area contributed by atoms with Crippen LogP contribution in [-0.2, 0) is 0 Å². The molecule has 1 atom stereocenters. The van der Waals surface area contributed by atoms with Crippen LogP contribution in [0.4, 0.5) is 0 Å². The van der Waals surface area contributed by atoms with Crippen molar-refractivity contribution in [1.29, 1.82) is 0 Å². The molecule has 178 valence electrons. The number of carbonyl (C=O) groups excluding carboxylic acids is 2. The second-order valence-electron chi connectivity index (χ2n) is 8.72. The molecule has 0 saturated heterocycles. The fourth-order valence-electron chi connectivity index (χ4n) is 4.52. The van der Waals surface area contributed by atoms with E-state index in [2.05, 4.69) is 31.9 Å². The van der Waals surface area contributed by atoms with E-state index < -0.39 is 0 Å². The third kappa shape index (κ3) is 4.99. The van der Waals surface area contributed by atoms with Crippen LogP contribution in [0.5, 0.6) is 5.75 Å². The maximum atomic E-state index is 13.6. The third-order valence-corrected chi connectivity index (χ3v) is 7.31. The zero-order valence-corrected chi connectivity index (χ0v) is 22.7. The molecule has 5 heteroatoms. The summed E-state index contributed by atoms with van der Waals surface area (Å²) in [6.45, 7) is 1.89. The summed E-state index contributed by atoms with van der Waals surface area (Å²) in [6, 6.07) is 27.0. The Kier molecular flexibility index (Phi) is 7.04. The number of ether oxygens (including phenoxy) is 1. The summed E-state index contributed by atoms with van der Waals surface area (Å²) in [4.78, 5) is 27.2. The van der Waals surface area contributed by atoms with Gasteiger partial charge in [0.05, 0.1) is 12.0 Å². The van der Waals surface area contributed by atoms with Crippen molar-refractivity contribution in [3.8, 4) is 16.9 Å². The van der Waals surface area contributed by atoms with Gasteiger partial charge in [0.2, 0.25) is 0 Å². The largest absolute Gasteiger partial charge is 0.484 e. The average Bonchev–Trinajstić information content (AvgIpc) is 2.88. The van der Waals surface area contributed by atoms with Gasteiger partial charge in [-0.1, -0.05) is 92.5 Å². The van der Waals surface area contributed by atoms with Crippen molar-refractivity contribution in [2.75, 3.05) is 0 Å². The second-order valence-corrected chi connectivity index (χ2v) is 10.5. The molecule has 0 fully saturated rings. The van der Waals surface area contributed by atoms with E-state index in [1.165, 1.54) is 0 Å². The van der Waals surface area contributed by atoms with Crippen molar-refractivity contribution >= 4 is 49.5 Å². The molecule has 0 aliphatic carbocycles. The predicted molar refractivity (Wildman–Crippen MR) is 151 cm³/mol. The monoisotopic (exact) mass is 600 g/mol. The number of aryl methyl sites for hydroxylation is 1. The molecule has 1 unspecified atom stereocenters. The highest BCUT2D eigenvalue weighted by atomic mass is 79.9. The van der Waals surface area contributed by atoms with Crippen LogP contribution in [0.2, 0.25) is 0 Å². The van der Waals surface area contributed by atoms with Crippen LogP contribution in [0.1, 0.15) is 49.9 Å². The lowest BCUT2D eigenvalue weighted by molar-refractivity contribution is 0.0851. The van der Waals surface area contributed by atoms with Gasteiger partial charge in [0, 0.05) is 20.1 Å². The molecule has 0 N–H and O–H groups in total. The molecule has 0 radical (unpaired) electrons. The van der Waals surface area contributed by atoms with Gasteiger partial charge < -0.3 is 4.74 Å². The van der Waals surface area contributed by atoms with Gasteiger partial charge in [0.25, 0.3) is 0 Å². The van der Waals surface area contributed by atoms with Gasteiger partial charge in [-0.15, -0.1) is 0 Å². The quantitative estimate of drug-likeness (QED) is 0.170. The van der Waals surface area contributed by atoms with Crippen LogP contribution in [0.15, 0.2) is 100.0 Å². The fraction of sp³-hybridized carbons (Fsp3) is 0.0968. The lowest BCUT2D eigenvalue weighted by atomic mass is 9.84. The first kappa shape index (κ1) is 24.4. The van der Waals surface area contributed by atoms with E-state index in [1.807, 2.05) is 91.9 Å². The minimum absolute atomic E-state index is 0.0334. The van der Waals surface area contributed by atoms with Gasteiger partial charge in [0.1, 0.15) is 11.9 Å². The summed E-state index contributed by atoms with van der Waals surface area (Å²) in [6.07, 6.45) is 3.20. The topological polar surface area (TPSA) is 43.4 Å². The molecule has 5 rings (SSSR count). The van der Waals surface area contributed by atoms with Crippen molar-refractivity contribution in [1.82, 2.24) is 0 Å². The second kappa shape index (κ2) is 10.4. The van der Waals surface area contributed by atoms with E-state index in [0.717, 1.165) is 31.2 Å². The van der Waals surface area contributed by atoms with Gasteiger partial charge >= 0.3 is 0 Å². The number of benzene rings is 4. The lowest BCUT2D eigenvalue weighted by Gasteiger charge is -2.29. The summed E-state index contributed by atoms with van der Waals surface area (Å²) in [5.41, 5.74) is 5.07. The van der Waals surface area contributed by atoms with Crippen molar-refractivity contribution < 1.29 is 14.3 Å². The first-order valence-electron chi connectivity index (χ1n) is 11.6. The van der Waals surface area contributed by atoms with E-state index in [0.29, 0.717) is 22.4 Å². The Bertz CT molecular complexity index is 1470. The number of halogens is 2. The van der Waals surface area contributed by atoms with Crippen LogP contribution in [-0.4, -0.2) is 11.6 Å². The number of allylic oxidation sites excluding steroid dienone is 1. The summed E-state index contributed by atoms with van der Waals surface area (Å²) < 4.78 is 8.32. The molecule has 4 aromatic rings. The van der Waals surface area contributed by atoms with Crippen LogP contribution in [0, 0.1) is 6.92 Å². The SMILES string of the molecule is Cc1cc2c(c(-c3ccccc3)c1C(=O)/C=C/c1ccc(Br)cc1)C(=O)CC(c1ccc(Br)cc1)O2. The molecule has 1 heterocycles. The maximum Gasteiger partial charge on any atom is 0.186 e. The smallest absolute Gasteiger partial charge is 0.186 e. The summed E-state index contributed by atoms with van der Waals surface area (Å²) in [5.74, 6) is 0.331. The Morgan fingerprint density at radius 2 is 1.53 bits per heavy atom. The molecule has 0 aromatic heterocycles. The average molecular weight is 602 g/mol. The first-order valence-corrected chi connectivity index (χ1v) is 13.2. The minimum Gasteiger partial charge on any atom is -0.484 e. The van der Waals surface area contributed by atoms with E-state index in [4.69, 9.17) is 4.74 Å². The minimum atomic E-state index is -0.375. The van der Waals surface area contributed by atoms with Gasteiger partial charge in [-0.2, -0.15) is 0 Å². The molecule has 1 aliphatic heterocycles. The number of fused-ring (bicyclic) bond motifs is 1. The number of rotatable bonds is 5. The van der Waals surface area contributed by atoms with Crippen LogP contribution >= 0.6 is 31.9 Å². The standard InChI is InChI=1S/C31H22Br2O3/c1-19-17-28-31(26(35)18-27(36-28)21-10-14-24(33)15-11-21)30(22-5-3-2-4-6-22)29(19)25(34)16-9-20-7-12-23(32)13-8-20/h2-17,27H,18H2,1H3/b16-9+. The van der Waals surface area contributed by atoms with Crippen molar-refractivity contribution in [2.45, 2.75) is 19.4 Å². The van der Waals surface area contributed by atoms with Gasteiger partial charge in [-0.3, -0.25) is 9.59 Å². The lowest BCUT2D eigenvalue weighted by Crippen LogP contribution is -2.22. The molecule has 1 aliphatic rings. The third-order valence-electron chi connectivity index (χ3n) is 6.26. The zero-order chi connectivity index (χ0) is 25.2. The van der Waals surface area contributed by atoms with E-state index >= 15 is 0 Å². The van der Waals surface area contributed by atoms with E-state index in [9.17, 15) is 9.59 Å². The number of ketones is 2. The summed E-state index contributed by atoms with van der Waals surface area (Å²) >= 11 is 6.89. The van der Waals surface area contributed by atoms with Crippen LogP contribution < -0.4 is 4.74 Å². The molecule has 36 heavy (non-hydrogen) atoms. The molecule has 0 bridgehead atoms. The van der Waals surface area contributed by atoms with Gasteiger partial charge in [0.15, 0.2) is 11.6 Å². The Morgan fingerprint density at radius 1 is 0.889 bits per heavy atom. The highest BCUT2D eigenvalue weighted by molar-refractivity contribution is 9.10. The Hall–Kier alpha value is -3.28. The molecule has 4 aromatic carbocycles. The van der Waals surface area contributed by atoms with Crippen molar-refractivity contribution in [3.63, 3.8) is 0 Å². The fourth-order valence-corrected chi connectivity index (χ4v) is 5.05. The Labute approximate surface area is 227 Å². The number of hydrogen-bond donors (Lipinski definition) is 0. The molecular formula is C31H22Br2O3. The van der Waals surface area contributed by atoms with E-state index in [1.54, 1.807) is 12.2 Å². The van der Waals surface area contributed by atoms with Crippen molar-refractivity contribution in [3.05, 3.63) is 128 Å². The van der Waals surface area contributed by atoms with Gasteiger partial charge in [-0.25, -0.2) is 0 Å². The molecule has 0 saturated carbocycles. The maximum absolute atomic E-state index is 13.6. The first-order chi connectivity index (χ1) is 17.4. The molecular weight excluding hydrogens is 580 g/mol. The number of carbonyl (C=O) groups is 2. The van der Waals surface area contributed by atoms with E-state index in [-0.39, 0.29) is 24.1 Å². The van der Waals surface area contributed by atoms with Crippen LogP contribution in [0.3, 0.4) is 0 Å². The summed E-state index contributed by atoms with van der Waals surface area (Å²) in [5, 5.41) is 0. The van der Waals surface area contributed by atoms with Gasteiger partial charge in [-0.05, 0) is 65.6 Å².